The minimum Gasteiger partial charge on any atom is -0.393 e. The third kappa shape index (κ3) is 6.86. The molecule has 3 N–H and O–H groups in total. The standard InChI is InChI=1S/C21H31N5O.HI/c1-2-22-21(24-11-5-13-26-14-9-18(27)10-15-26)25-16-17-8-12-23-20-7-4-3-6-19(17)20;/h3-4,6-8,12,18,27H,2,5,9-11,13-16H2,1H3,(H2,22,24,25);1H. The Balaban J connectivity index is 0.00000280. The lowest BCUT2D eigenvalue weighted by Gasteiger charge is -2.29. The van der Waals surface area contributed by atoms with Crippen LogP contribution in [-0.4, -0.2) is 59.8 Å². The lowest BCUT2D eigenvalue weighted by molar-refractivity contribution is 0.0823. The third-order valence-corrected chi connectivity index (χ3v) is 4.99. The van der Waals surface area contributed by atoms with Crippen molar-refractivity contribution in [3.8, 4) is 0 Å². The second-order valence-electron chi connectivity index (χ2n) is 7.04. The predicted molar refractivity (Wildman–Crippen MR) is 126 cm³/mol. The molecule has 1 fully saturated rings. The van der Waals surface area contributed by atoms with Crippen molar-refractivity contribution in [2.24, 2.45) is 4.99 Å². The highest BCUT2D eigenvalue weighted by Crippen LogP contribution is 2.16. The molecule has 154 valence electrons. The minimum absolute atomic E-state index is 0. The number of likely N-dealkylation sites (tertiary alicyclic amines) is 1. The first kappa shape index (κ1) is 22.8. The first-order chi connectivity index (χ1) is 13.3. The van der Waals surface area contributed by atoms with E-state index in [2.05, 4.69) is 33.5 Å². The fourth-order valence-electron chi connectivity index (χ4n) is 3.45. The van der Waals surface area contributed by atoms with Crippen LogP contribution in [0.4, 0.5) is 0 Å². The zero-order chi connectivity index (χ0) is 18.9. The number of fused-ring (bicyclic) bond motifs is 1. The number of nitrogens with one attached hydrogen (secondary N) is 2. The topological polar surface area (TPSA) is 72.8 Å². The molecule has 0 unspecified atom stereocenters. The molecule has 3 rings (SSSR count). The highest BCUT2D eigenvalue weighted by Gasteiger charge is 2.16. The Morgan fingerprint density at radius 1 is 1.21 bits per heavy atom. The highest BCUT2D eigenvalue weighted by atomic mass is 127. The molecule has 0 bridgehead atoms. The summed E-state index contributed by atoms with van der Waals surface area (Å²) in [5.41, 5.74) is 2.19. The maximum Gasteiger partial charge on any atom is 0.191 e. The molecule has 0 amide bonds. The number of piperidine rings is 1. The molecule has 7 heteroatoms. The number of aliphatic hydroxyl groups excluding tert-OH is 1. The van der Waals surface area contributed by atoms with Crippen LogP contribution >= 0.6 is 24.0 Å². The Labute approximate surface area is 184 Å². The van der Waals surface area contributed by atoms with Crippen LogP contribution in [0.3, 0.4) is 0 Å². The smallest absolute Gasteiger partial charge is 0.191 e. The molecule has 28 heavy (non-hydrogen) atoms. The van der Waals surface area contributed by atoms with Crippen molar-refractivity contribution in [2.75, 3.05) is 32.7 Å². The van der Waals surface area contributed by atoms with Crippen LogP contribution in [0.25, 0.3) is 10.9 Å². The lowest BCUT2D eigenvalue weighted by Crippen LogP contribution is -2.40. The second kappa shape index (κ2) is 12.2. The van der Waals surface area contributed by atoms with E-state index >= 15 is 0 Å². The molecule has 1 aromatic carbocycles. The summed E-state index contributed by atoms with van der Waals surface area (Å²) in [5, 5.41) is 17.5. The summed E-state index contributed by atoms with van der Waals surface area (Å²) in [5.74, 6) is 0.854. The fourth-order valence-corrected chi connectivity index (χ4v) is 3.45. The van der Waals surface area contributed by atoms with Crippen LogP contribution in [0.15, 0.2) is 41.5 Å². The van der Waals surface area contributed by atoms with Crippen LogP contribution in [0.2, 0.25) is 0 Å². The number of pyridine rings is 1. The first-order valence-electron chi connectivity index (χ1n) is 10.0. The number of hydrogen-bond donors (Lipinski definition) is 3. The van der Waals surface area contributed by atoms with Gasteiger partial charge in [0.25, 0.3) is 0 Å². The molecule has 1 aliphatic rings. The summed E-state index contributed by atoms with van der Waals surface area (Å²) in [4.78, 5) is 11.6. The summed E-state index contributed by atoms with van der Waals surface area (Å²) in [6.07, 6.45) is 4.62. The van der Waals surface area contributed by atoms with Crippen LogP contribution < -0.4 is 10.6 Å². The summed E-state index contributed by atoms with van der Waals surface area (Å²) in [6.45, 7) is 7.51. The average molecular weight is 497 g/mol. The largest absolute Gasteiger partial charge is 0.393 e. The van der Waals surface area contributed by atoms with Crippen molar-refractivity contribution in [3.63, 3.8) is 0 Å². The van der Waals surface area contributed by atoms with Crippen molar-refractivity contribution >= 4 is 40.8 Å². The Hall–Kier alpha value is -1.45. The van der Waals surface area contributed by atoms with Gasteiger partial charge in [0.15, 0.2) is 5.96 Å². The predicted octanol–water partition coefficient (Wildman–Crippen LogP) is 2.75. The van der Waals surface area contributed by atoms with E-state index in [0.29, 0.717) is 6.54 Å². The number of hydrogen-bond acceptors (Lipinski definition) is 4. The number of aliphatic hydroxyl groups is 1. The molecule has 0 atom stereocenters. The van der Waals surface area contributed by atoms with E-state index in [9.17, 15) is 5.11 Å². The van der Waals surface area contributed by atoms with Crippen molar-refractivity contribution < 1.29 is 5.11 Å². The van der Waals surface area contributed by atoms with E-state index in [0.717, 1.165) is 68.8 Å². The Kier molecular flexibility index (Phi) is 9.94. The van der Waals surface area contributed by atoms with Gasteiger partial charge >= 0.3 is 0 Å². The lowest BCUT2D eigenvalue weighted by atomic mass is 10.1. The minimum atomic E-state index is -0.101. The Morgan fingerprint density at radius 2 is 2.00 bits per heavy atom. The van der Waals surface area contributed by atoms with E-state index in [4.69, 9.17) is 4.99 Å². The van der Waals surface area contributed by atoms with E-state index in [1.54, 1.807) is 0 Å². The van der Waals surface area contributed by atoms with E-state index in [1.807, 2.05) is 30.5 Å². The molecule has 1 aliphatic heterocycles. The van der Waals surface area contributed by atoms with Crippen molar-refractivity contribution in [1.82, 2.24) is 20.5 Å². The molecule has 6 nitrogen and oxygen atoms in total. The zero-order valence-corrected chi connectivity index (χ0v) is 18.9. The maximum absolute atomic E-state index is 9.58. The van der Waals surface area contributed by atoms with E-state index in [1.165, 1.54) is 5.56 Å². The van der Waals surface area contributed by atoms with Gasteiger partial charge in [0, 0.05) is 37.8 Å². The van der Waals surface area contributed by atoms with Crippen molar-refractivity contribution in [1.29, 1.82) is 0 Å². The Bertz CT molecular complexity index is 741. The molecule has 0 saturated carbocycles. The number of halogens is 1. The summed E-state index contributed by atoms with van der Waals surface area (Å²) in [6, 6.07) is 10.2. The van der Waals surface area contributed by atoms with Crippen LogP contribution in [-0.2, 0) is 6.54 Å². The summed E-state index contributed by atoms with van der Waals surface area (Å²) < 4.78 is 0. The van der Waals surface area contributed by atoms with Crippen LogP contribution in [0.5, 0.6) is 0 Å². The van der Waals surface area contributed by atoms with Gasteiger partial charge in [-0.25, -0.2) is 4.99 Å². The van der Waals surface area contributed by atoms with E-state index < -0.39 is 0 Å². The first-order valence-corrected chi connectivity index (χ1v) is 10.0. The van der Waals surface area contributed by atoms with Gasteiger partial charge < -0.3 is 20.6 Å². The van der Waals surface area contributed by atoms with Crippen LogP contribution in [0, 0.1) is 0 Å². The van der Waals surface area contributed by atoms with Gasteiger partial charge in [-0.05, 0) is 50.4 Å². The number of guanidine groups is 1. The van der Waals surface area contributed by atoms with Gasteiger partial charge in [0.2, 0.25) is 0 Å². The molecule has 1 aromatic heterocycles. The summed E-state index contributed by atoms with van der Waals surface area (Å²) >= 11 is 0. The van der Waals surface area contributed by atoms with Gasteiger partial charge in [-0.3, -0.25) is 4.98 Å². The van der Waals surface area contributed by atoms with E-state index in [-0.39, 0.29) is 30.1 Å². The Morgan fingerprint density at radius 3 is 2.79 bits per heavy atom. The monoisotopic (exact) mass is 497 g/mol. The molecule has 2 aromatic rings. The molecule has 0 radical (unpaired) electrons. The van der Waals surface area contributed by atoms with Gasteiger partial charge in [-0.15, -0.1) is 24.0 Å². The van der Waals surface area contributed by atoms with Gasteiger partial charge in [-0.1, -0.05) is 18.2 Å². The van der Waals surface area contributed by atoms with Crippen molar-refractivity contribution in [2.45, 2.75) is 38.8 Å². The number of nitrogens with zero attached hydrogens (tertiary/aromatic N) is 3. The zero-order valence-electron chi connectivity index (χ0n) is 16.6. The molecule has 1 saturated heterocycles. The van der Waals surface area contributed by atoms with Crippen molar-refractivity contribution in [3.05, 3.63) is 42.1 Å². The quantitative estimate of drug-likeness (QED) is 0.238. The number of para-hydroxylation sites is 1. The molecular weight excluding hydrogens is 465 g/mol. The molecule has 0 aliphatic carbocycles. The highest BCUT2D eigenvalue weighted by molar-refractivity contribution is 14.0. The average Bonchev–Trinajstić information content (AvgIpc) is 2.70. The maximum atomic E-state index is 9.58. The van der Waals surface area contributed by atoms with Gasteiger partial charge in [-0.2, -0.15) is 0 Å². The normalized spacial score (nSPS) is 16.0. The fraction of sp³-hybridized carbons (Fsp3) is 0.524. The number of aliphatic imine (C=N–C) groups is 1. The number of rotatable bonds is 7. The SMILES string of the molecule is CCNC(=NCc1ccnc2ccccc12)NCCCN1CCC(O)CC1.I. The second-order valence-corrected chi connectivity index (χ2v) is 7.04. The molecule has 0 spiro atoms. The number of benzene rings is 1. The van der Waals surface area contributed by atoms with Gasteiger partial charge in [0.1, 0.15) is 0 Å². The molecule has 2 heterocycles. The van der Waals surface area contributed by atoms with Crippen LogP contribution in [0.1, 0.15) is 31.7 Å². The van der Waals surface area contributed by atoms with Gasteiger partial charge in [0.05, 0.1) is 18.2 Å². The summed E-state index contributed by atoms with van der Waals surface area (Å²) in [7, 11) is 0. The number of aromatic nitrogens is 1. The third-order valence-electron chi connectivity index (χ3n) is 4.99. The molecular formula is C21H32IN5O.